The molecular formula is C23H22FN5O5. The number of hydrogen-bond donors (Lipinski definition) is 1. The van der Waals surface area contributed by atoms with Crippen molar-refractivity contribution >= 4 is 11.6 Å². The molecule has 0 saturated heterocycles. The summed E-state index contributed by atoms with van der Waals surface area (Å²) >= 11 is 0. The van der Waals surface area contributed by atoms with Gasteiger partial charge in [-0.15, -0.1) is 15.3 Å². The fourth-order valence-corrected chi connectivity index (χ4v) is 3.11. The van der Waals surface area contributed by atoms with Crippen LogP contribution in [0.1, 0.15) is 0 Å². The van der Waals surface area contributed by atoms with Gasteiger partial charge in [0, 0.05) is 17.7 Å². The van der Waals surface area contributed by atoms with Crippen molar-refractivity contribution in [2.24, 2.45) is 0 Å². The molecular weight excluding hydrogens is 445 g/mol. The van der Waals surface area contributed by atoms with E-state index in [1.165, 1.54) is 18.2 Å². The number of benzene rings is 2. The molecule has 4 rings (SSSR count). The van der Waals surface area contributed by atoms with Crippen LogP contribution in [-0.2, 0) is 4.79 Å². The van der Waals surface area contributed by atoms with Gasteiger partial charge in [0.05, 0.1) is 20.8 Å². The first-order valence-electron chi connectivity index (χ1n) is 10.3. The van der Waals surface area contributed by atoms with Gasteiger partial charge in [-0.25, -0.2) is 4.39 Å². The lowest BCUT2D eigenvalue weighted by atomic mass is 10.2. The van der Waals surface area contributed by atoms with Crippen molar-refractivity contribution in [3.8, 4) is 34.5 Å². The molecule has 176 valence electrons. The van der Waals surface area contributed by atoms with Gasteiger partial charge in [0.15, 0.2) is 29.6 Å². The van der Waals surface area contributed by atoms with Crippen LogP contribution in [0.5, 0.6) is 23.1 Å². The van der Waals surface area contributed by atoms with Gasteiger partial charge < -0.3 is 24.3 Å². The van der Waals surface area contributed by atoms with Crippen molar-refractivity contribution in [2.45, 2.75) is 0 Å². The van der Waals surface area contributed by atoms with Crippen LogP contribution in [-0.4, -0.2) is 59.7 Å². The molecule has 0 aliphatic rings. The van der Waals surface area contributed by atoms with Crippen LogP contribution in [0.4, 0.5) is 4.39 Å². The predicted octanol–water partition coefficient (Wildman–Crippen LogP) is 2.52. The molecule has 0 radical (unpaired) electrons. The number of amides is 1. The molecule has 0 saturated carbocycles. The molecule has 34 heavy (non-hydrogen) atoms. The van der Waals surface area contributed by atoms with E-state index >= 15 is 0 Å². The standard InChI is InChI=1S/C23H22FN5O5/c1-31-18-7-6-15(12-19(18)32-2)23-27-26-20-8-9-22(28-29(20)23)33-11-10-25-21(30)14-34-17-5-3-4-16(24)13-17/h3-9,12-13H,10-11,14H2,1-2H3,(H,25,30). The first-order valence-corrected chi connectivity index (χ1v) is 10.3. The molecule has 10 nitrogen and oxygen atoms in total. The van der Waals surface area contributed by atoms with Gasteiger partial charge in [0.2, 0.25) is 5.88 Å². The Balaban J connectivity index is 1.34. The lowest BCUT2D eigenvalue weighted by Gasteiger charge is -2.10. The minimum absolute atomic E-state index is 0.179. The molecule has 0 aliphatic carbocycles. The van der Waals surface area contributed by atoms with E-state index in [2.05, 4.69) is 20.6 Å². The Morgan fingerprint density at radius 2 is 1.85 bits per heavy atom. The van der Waals surface area contributed by atoms with E-state index in [1.54, 1.807) is 49.1 Å². The molecule has 1 amide bonds. The van der Waals surface area contributed by atoms with Crippen molar-refractivity contribution in [1.29, 1.82) is 0 Å². The van der Waals surface area contributed by atoms with E-state index in [4.69, 9.17) is 18.9 Å². The molecule has 0 unspecified atom stereocenters. The zero-order valence-corrected chi connectivity index (χ0v) is 18.5. The second-order valence-corrected chi connectivity index (χ2v) is 6.98. The van der Waals surface area contributed by atoms with Crippen molar-refractivity contribution in [2.75, 3.05) is 34.0 Å². The summed E-state index contributed by atoms with van der Waals surface area (Å²) in [5.74, 6) is 1.48. The highest BCUT2D eigenvalue weighted by Gasteiger charge is 2.14. The van der Waals surface area contributed by atoms with Crippen LogP contribution in [0.15, 0.2) is 54.6 Å². The Bertz CT molecular complexity index is 1300. The van der Waals surface area contributed by atoms with Crippen molar-refractivity contribution in [3.05, 3.63) is 60.4 Å². The molecule has 4 aromatic rings. The smallest absolute Gasteiger partial charge is 0.258 e. The van der Waals surface area contributed by atoms with E-state index < -0.39 is 5.82 Å². The molecule has 0 spiro atoms. The third-order valence-corrected chi connectivity index (χ3v) is 4.72. The van der Waals surface area contributed by atoms with E-state index in [9.17, 15) is 9.18 Å². The molecule has 0 atom stereocenters. The summed E-state index contributed by atoms with van der Waals surface area (Å²) in [4.78, 5) is 11.9. The summed E-state index contributed by atoms with van der Waals surface area (Å²) in [6.07, 6.45) is 0. The maximum atomic E-state index is 13.1. The van der Waals surface area contributed by atoms with Crippen LogP contribution < -0.4 is 24.3 Å². The van der Waals surface area contributed by atoms with Gasteiger partial charge in [-0.2, -0.15) is 4.52 Å². The molecule has 0 aliphatic heterocycles. The van der Waals surface area contributed by atoms with Crippen molar-refractivity contribution in [1.82, 2.24) is 25.1 Å². The van der Waals surface area contributed by atoms with Crippen LogP contribution in [0, 0.1) is 5.82 Å². The SMILES string of the molecule is COc1ccc(-c2nnc3ccc(OCCNC(=O)COc4cccc(F)c4)nn23)cc1OC. The third-order valence-electron chi connectivity index (χ3n) is 4.72. The first kappa shape index (κ1) is 22.8. The number of carbonyl (C=O) groups is 1. The summed E-state index contributed by atoms with van der Waals surface area (Å²) in [5, 5.41) is 15.4. The highest BCUT2D eigenvalue weighted by molar-refractivity contribution is 5.77. The normalized spacial score (nSPS) is 10.7. The van der Waals surface area contributed by atoms with Gasteiger partial charge in [-0.3, -0.25) is 4.79 Å². The van der Waals surface area contributed by atoms with E-state index in [-0.39, 0.29) is 31.4 Å². The molecule has 0 bridgehead atoms. The number of methoxy groups -OCH3 is 2. The largest absolute Gasteiger partial charge is 0.493 e. The van der Waals surface area contributed by atoms with Gasteiger partial charge in [0.1, 0.15) is 18.2 Å². The Morgan fingerprint density at radius 1 is 1.00 bits per heavy atom. The fourth-order valence-electron chi connectivity index (χ4n) is 3.11. The minimum Gasteiger partial charge on any atom is -0.493 e. The molecule has 2 aromatic heterocycles. The van der Waals surface area contributed by atoms with Gasteiger partial charge >= 0.3 is 0 Å². The second kappa shape index (κ2) is 10.5. The number of hydrogen-bond acceptors (Lipinski definition) is 8. The maximum Gasteiger partial charge on any atom is 0.258 e. The average molecular weight is 467 g/mol. The lowest BCUT2D eigenvalue weighted by Crippen LogP contribution is -2.32. The quantitative estimate of drug-likeness (QED) is 0.355. The second-order valence-electron chi connectivity index (χ2n) is 6.98. The van der Waals surface area contributed by atoms with Crippen LogP contribution in [0.2, 0.25) is 0 Å². The summed E-state index contributed by atoms with van der Waals surface area (Å²) < 4.78 is 36.2. The van der Waals surface area contributed by atoms with Crippen LogP contribution in [0.3, 0.4) is 0 Å². The monoisotopic (exact) mass is 467 g/mol. The summed E-state index contributed by atoms with van der Waals surface area (Å²) in [6, 6.07) is 14.4. The molecule has 2 heterocycles. The maximum absolute atomic E-state index is 13.1. The number of fused-ring (bicyclic) bond motifs is 1. The van der Waals surface area contributed by atoms with Crippen LogP contribution in [0.25, 0.3) is 17.0 Å². The molecule has 0 fully saturated rings. The number of halogens is 1. The number of carbonyl (C=O) groups excluding carboxylic acids is 1. The molecule has 1 N–H and O–H groups in total. The molecule has 11 heteroatoms. The topological polar surface area (TPSA) is 109 Å². The van der Waals surface area contributed by atoms with Crippen molar-refractivity contribution in [3.63, 3.8) is 0 Å². The number of rotatable bonds is 10. The first-order chi connectivity index (χ1) is 16.6. The van der Waals surface area contributed by atoms with E-state index in [0.29, 0.717) is 28.9 Å². The van der Waals surface area contributed by atoms with Gasteiger partial charge in [0.25, 0.3) is 5.91 Å². The third kappa shape index (κ3) is 5.31. The zero-order valence-electron chi connectivity index (χ0n) is 18.5. The van der Waals surface area contributed by atoms with Gasteiger partial charge in [-0.05, 0) is 36.4 Å². The number of ether oxygens (including phenoxy) is 4. The Hall–Kier alpha value is -4.41. The summed E-state index contributed by atoms with van der Waals surface area (Å²) in [7, 11) is 3.12. The number of aromatic nitrogens is 4. The van der Waals surface area contributed by atoms with Crippen LogP contribution >= 0.6 is 0 Å². The lowest BCUT2D eigenvalue weighted by molar-refractivity contribution is -0.123. The average Bonchev–Trinajstić information content (AvgIpc) is 3.28. The summed E-state index contributed by atoms with van der Waals surface area (Å²) in [6.45, 7) is 0.177. The highest BCUT2D eigenvalue weighted by Crippen LogP contribution is 2.31. The fraction of sp³-hybridized carbons (Fsp3) is 0.217. The van der Waals surface area contributed by atoms with Gasteiger partial charge in [-0.1, -0.05) is 6.07 Å². The zero-order chi connectivity index (χ0) is 23.9. The highest BCUT2D eigenvalue weighted by atomic mass is 19.1. The van der Waals surface area contributed by atoms with E-state index in [1.807, 2.05) is 6.07 Å². The number of nitrogens with one attached hydrogen (secondary N) is 1. The Kier molecular flexibility index (Phi) is 7.01. The van der Waals surface area contributed by atoms with Crippen molar-refractivity contribution < 1.29 is 28.1 Å². The minimum atomic E-state index is -0.432. The predicted molar refractivity (Wildman–Crippen MR) is 120 cm³/mol. The van der Waals surface area contributed by atoms with E-state index in [0.717, 1.165) is 5.56 Å². The number of nitrogens with zero attached hydrogens (tertiary/aromatic N) is 4. The Labute approximate surface area is 194 Å². The Morgan fingerprint density at radius 3 is 2.65 bits per heavy atom. The summed E-state index contributed by atoms with van der Waals surface area (Å²) in [5.41, 5.74) is 1.28. The molecule has 2 aromatic carbocycles.